The first-order valence-electron chi connectivity index (χ1n) is 11.0. The van der Waals surface area contributed by atoms with Crippen molar-refractivity contribution in [2.45, 2.75) is 50.7 Å². The third-order valence-electron chi connectivity index (χ3n) is 5.66. The molecule has 2 aliphatic rings. The molecule has 0 bridgehead atoms. The van der Waals surface area contributed by atoms with Crippen molar-refractivity contribution >= 4 is 5.96 Å². The first-order valence-corrected chi connectivity index (χ1v) is 11.0. The van der Waals surface area contributed by atoms with E-state index in [0.717, 1.165) is 70.3 Å². The zero-order chi connectivity index (χ0) is 20.6. The van der Waals surface area contributed by atoms with Crippen molar-refractivity contribution in [3.63, 3.8) is 0 Å². The van der Waals surface area contributed by atoms with Gasteiger partial charge in [-0.1, -0.05) is 0 Å². The van der Waals surface area contributed by atoms with Crippen LogP contribution in [-0.2, 0) is 15.9 Å². The molecule has 2 aromatic heterocycles. The van der Waals surface area contributed by atoms with Gasteiger partial charge in [-0.25, -0.2) is 4.98 Å². The molecule has 1 atom stereocenters. The number of nitrogens with one attached hydrogen (secondary N) is 2. The zero-order valence-electron chi connectivity index (χ0n) is 17.7. The van der Waals surface area contributed by atoms with Crippen LogP contribution < -0.4 is 5.32 Å². The van der Waals surface area contributed by atoms with Gasteiger partial charge in [-0.3, -0.25) is 10.1 Å². The van der Waals surface area contributed by atoms with E-state index in [1.54, 1.807) is 6.26 Å². The summed E-state index contributed by atoms with van der Waals surface area (Å²) >= 11 is 0. The Morgan fingerprint density at radius 1 is 1.33 bits per heavy atom. The summed E-state index contributed by atoms with van der Waals surface area (Å²) in [6, 6.07) is 3.68. The van der Waals surface area contributed by atoms with Crippen LogP contribution in [0.15, 0.2) is 27.8 Å². The Hall–Kier alpha value is -2.39. The SMILES string of the molecule is CN=C(NCCc1nc(-c2ccco2)n[nH]1)N1CCC(OCC2CCCCO2)CC1. The number of rotatable bonds is 7. The Morgan fingerprint density at radius 3 is 2.97 bits per heavy atom. The lowest BCUT2D eigenvalue weighted by atomic mass is 10.1. The summed E-state index contributed by atoms with van der Waals surface area (Å²) < 4.78 is 17.2. The molecule has 0 saturated carbocycles. The molecule has 2 saturated heterocycles. The molecule has 9 nitrogen and oxygen atoms in total. The normalized spacial score (nSPS) is 21.2. The number of furan rings is 1. The molecule has 164 valence electrons. The summed E-state index contributed by atoms with van der Waals surface area (Å²) in [6.07, 6.45) is 8.56. The number of guanidine groups is 1. The van der Waals surface area contributed by atoms with Gasteiger partial charge in [0.05, 0.1) is 25.1 Å². The number of H-pyrrole nitrogens is 1. The predicted molar refractivity (Wildman–Crippen MR) is 113 cm³/mol. The van der Waals surface area contributed by atoms with Crippen LogP contribution in [0.2, 0.25) is 0 Å². The van der Waals surface area contributed by atoms with E-state index < -0.39 is 0 Å². The van der Waals surface area contributed by atoms with E-state index in [9.17, 15) is 0 Å². The summed E-state index contributed by atoms with van der Waals surface area (Å²) in [5, 5.41) is 10.6. The fourth-order valence-electron chi connectivity index (χ4n) is 3.96. The van der Waals surface area contributed by atoms with Gasteiger partial charge in [0, 0.05) is 39.7 Å². The molecule has 0 spiro atoms. The Bertz CT molecular complexity index is 777. The monoisotopic (exact) mass is 416 g/mol. The number of aromatic amines is 1. The molecule has 1 unspecified atom stereocenters. The summed E-state index contributed by atoms with van der Waals surface area (Å²) in [7, 11) is 1.83. The maximum absolute atomic E-state index is 6.12. The number of nitrogens with zero attached hydrogens (tertiary/aromatic N) is 4. The highest BCUT2D eigenvalue weighted by molar-refractivity contribution is 5.79. The molecule has 4 rings (SSSR count). The van der Waals surface area contributed by atoms with Crippen molar-refractivity contribution in [1.29, 1.82) is 0 Å². The van der Waals surface area contributed by atoms with Crippen LogP contribution in [0.5, 0.6) is 0 Å². The van der Waals surface area contributed by atoms with Gasteiger partial charge in [-0.2, -0.15) is 5.10 Å². The molecule has 0 radical (unpaired) electrons. The lowest BCUT2D eigenvalue weighted by Gasteiger charge is -2.35. The number of hydrogen-bond donors (Lipinski definition) is 2. The molecule has 0 aromatic carbocycles. The molecule has 2 fully saturated rings. The first-order chi connectivity index (χ1) is 14.8. The average molecular weight is 417 g/mol. The number of likely N-dealkylation sites (tertiary alicyclic amines) is 1. The fourth-order valence-corrected chi connectivity index (χ4v) is 3.96. The van der Waals surface area contributed by atoms with Gasteiger partial charge in [0.25, 0.3) is 0 Å². The van der Waals surface area contributed by atoms with E-state index in [2.05, 4.69) is 30.4 Å². The van der Waals surface area contributed by atoms with Crippen LogP contribution in [-0.4, -0.2) is 78.1 Å². The molecular weight excluding hydrogens is 384 g/mol. The second-order valence-electron chi connectivity index (χ2n) is 7.82. The van der Waals surface area contributed by atoms with Gasteiger partial charge in [0.1, 0.15) is 5.82 Å². The van der Waals surface area contributed by atoms with E-state index in [1.807, 2.05) is 19.2 Å². The van der Waals surface area contributed by atoms with Gasteiger partial charge in [-0.15, -0.1) is 0 Å². The zero-order valence-corrected chi connectivity index (χ0v) is 17.7. The minimum absolute atomic E-state index is 0.288. The van der Waals surface area contributed by atoms with Crippen molar-refractivity contribution < 1.29 is 13.9 Å². The van der Waals surface area contributed by atoms with E-state index in [-0.39, 0.29) is 6.10 Å². The smallest absolute Gasteiger partial charge is 0.216 e. The molecule has 2 N–H and O–H groups in total. The molecule has 30 heavy (non-hydrogen) atoms. The maximum atomic E-state index is 6.12. The highest BCUT2D eigenvalue weighted by atomic mass is 16.5. The summed E-state index contributed by atoms with van der Waals surface area (Å²) in [6.45, 7) is 4.23. The highest BCUT2D eigenvalue weighted by Crippen LogP contribution is 2.18. The van der Waals surface area contributed by atoms with Crippen LogP contribution in [0, 0.1) is 0 Å². The summed E-state index contributed by atoms with van der Waals surface area (Å²) in [5.74, 6) is 3.00. The minimum Gasteiger partial charge on any atom is -0.461 e. The third kappa shape index (κ3) is 5.60. The van der Waals surface area contributed by atoms with Gasteiger partial charge < -0.3 is 24.1 Å². The number of ether oxygens (including phenoxy) is 2. The Balaban J connectivity index is 1.16. The van der Waals surface area contributed by atoms with Crippen LogP contribution in [0.4, 0.5) is 0 Å². The van der Waals surface area contributed by atoms with Gasteiger partial charge in [0.2, 0.25) is 5.82 Å². The Kier molecular flexibility index (Phi) is 7.36. The van der Waals surface area contributed by atoms with E-state index in [4.69, 9.17) is 13.9 Å². The largest absolute Gasteiger partial charge is 0.461 e. The topological polar surface area (TPSA) is 101 Å². The van der Waals surface area contributed by atoms with E-state index in [0.29, 0.717) is 17.7 Å². The second kappa shape index (κ2) is 10.6. The summed E-state index contributed by atoms with van der Waals surface area (Å²) in [5.41, 5.74) is 0. The Labute approximate surface area is 177 Å². The van der Waals surface area contributed by atoms with Crippen LogP contribution in [0.3, 0.4) is 0 Å². The van der Waals surface area contributed by atoms with Gasteiger partial charge in [-0.05, 0) is 44.2 Å². The first kappa shape index (κ1) is 20.9. The van der Waals surface area contributed by atoms with Crippen molar-refractivity contribution in [3.05, 3.63) is 24.2 Å². The lowest BCUT2D eigenvalue weighted by Crippen LogP contribution is -2.47. The lowest BCUT2D eigenvalue weighted by molar-refractivity contribution is -0.0721. The minimum atomic E-state index is 0.288. The third-order valence-corrected chi connectivity index (χ3v) is 5.66. The predicted octanol–water partition coefficient (Wildman–Crippen LogP) is 2.23. The molecular formula is C21H32N6O3. The van der Waals surface area contributed by atoms with Gasteiger partial charge >= 0.3 is 0 Å². The molecule has 0 aliphatic carbocycles. The molecule has 0 amide bonds. The number of aromatic nitrogens is 3. The highest BCUT2D eigenvalue weighted by Gasteiger charge is 2.23. The molecule has 2 aromatic rings. The van der Waals surface area contributed by atoms with E-state index >= 15 is 0 Å². The second-order valence-corrected chi connectivity index (χ2v) is 7.82. The van der Waals surface area contributed by atoms with Crippen LogP contribution in [0.25, 0.3) is 11.6 Å². The van der Waals surface area contributed by atoms with Crippen molar-refractivity contribution in [2.75, 3.05) is 39.9 Å². The number of hydrogen-bond acceptors (Lipinski definition) is 6. The standard InChI is InChI=1S/C21H32N6O3/c1-22-21(23-10-7-19-24-20(26-25-19)18-6-4-14-29-18)27-11-8-16(9-12-27)30-15-17-5-2-3-13-28-17/h4,6,14,16-17H,2-3,5,7-13,15H2,1H3,(H,22,23)(H,24,25,26). The molecule has 9 heteroatoms. The summed E-state index contributed by atoms with van der Waals surface area (Å²) in [4.78, 5) is 11.2. The quantitative estimate of drug-likeness (QED) is 0.527. The molecule has 4 heterocycles. The van der Waals surface area contributed by atoms with Crippen molar-refractivity contribution in [2.24, 2.45) is 4.99 Å². The van der Waals surface area contributed by atoms with Gasteiger partial charge in [0.15, 0.2) is 11.7 Å². The number of piperidine rings is 1. The number of aliphatic imine (C=N–C) groups is 1. The van der Waals surface area contributed by atoms with E-state index in [1.165, 1.54) is 12.8 Å². The fraction of sp³-hybridized carbons (Fsp3) is 0.667. The van der Waals surface area contributed by atoms with Crippen LogP contribution in [0.1, 0.15) is 37.9 Å². The van der Waals surface area contributed by atoms with Crippen molar-refractivity contribution in [1.82, 2.24) is 25.4 Å². The Morgan fingerprint density at radius 2 is 2.23 bits per heavy atom. The van der Waals surface area contributed by atoms with Crippen molar-refractivity contribution in [3.8, 4) is 11.6 Å². The molecule has 2 aliphatic heterocycles. The average Bonchev–Trinajstić information content (AvgIpc) is 3.49. The van der Waals surface area contributed by atoms with Crippen LogP contribution >= 0.6 is 0 Å². The maximum Gasteiger partial charge on any atom is 0.216 e.